The molecular formula is C18H23N3O3. The second-order valence-electron chi connectivity index (χ2n) is 7.18. The molecule has 1 atom stereocenters. The van der Waals surface area contributed by atoms with Crippen LogP contribution >= 0.6 is 0 Å². The Balaban J connectivity index is 1.39. The minimum Gasteiger partial charge on any atom is -0.423 e. The Morgan fingerprint density at radius 2 is 1.96 bits per heavy atom. The highest BCUT2D eigenvalue weighted by Crippen LogP contribution is 2.30. The summed E-state index contributed by atoms with van der Waals surface area (Å²) in [4.78, 5) is 21.2. The van der Waals surface area contributed by atoms with Crippen LogP contribution in [-0.4, -0.2) is 53.7 Å². The van der Waals surface area contributed by atoms with Crippen LogP contribution in [0.15, 0.2) is 28.7 Å². The summed E-state index contributed by atoms with van der Waals surface area (Å²) in [6, 6.07) is 8.40. The van der Waals surface area contributed by atoms with Crippen LogP contribution in [0.1, 0.15) is 26.7 Å². The van der Waals surface area contributed by atoms with E-state index in [0.29, 0.717) is 19.1 Å². The number of fused-ring (bicyclic) bond motifs is 1. The maximum Gasteiger partial charge on any atom is 0.298 e. The average Bonchev–Trinajstić information content (AvgIpc) is 3.17. The lowest BCUT2D eigenvalue weighted by molar-refractivity contribution is -0.146. The Morgan fingerprint density at radius 1 is 1.21 bits per heavy atom. The van der Waals surface area contributed by atoms with Crippen LogP contribution < -0.4 is 4.90 Å². The van der Waals surface area contributed by atoms with Gasteiger partial charge in [-0.2, -0.15) is 4.98 Å². The standard InChI is InChI=1S/C18H23N3O3/c1-18(2)8-7-15(24-18)16(22)20-9-11-21(12-10-20)17-19-13-5-3-4-6-14(13)23-17/h3-6,15H,7-12H2,1-2H3. The molecule has 128 valence electrons. The second-order valence-corrected chi connectivity index (χ2v) is 7.18. The number of benzene rings is 1. The van der Waals surface area contributed by atoms with E-state index in [0.717, 1.165) is 37.0 Å². The van der Waals surface area contributed by atoms with Crippen molar-refractivity contribution >= 4 is 23.0 Å². The van der Waals surface area contributed by atoms with Crippen molar-refractivity contribution in [2.24, 2.45) is 0 Å². The number of para-hydroxylation sites is 2. The lowest BCUT2D eigenvalue weighted by atomic mass is 10.1. The first-order valence-corrected chi connectivity index (χ1v) is 8.59. The van der Waals surface area contributed by atoms with Crippen molar-refractivity contribution in [1.29, 1.82) is 0 Å². The summed E-state index contributed by atoms with van der Waals surface area (Å²) in [5.74, 6) is 0.123. The molecule has 4 rings (SSSR count). The number of hydrogen-bond acceptors (Lipinski definition) is 5. The lowest BCUT2D eigenvalue weighted by Gasteiger charge is -2.35. The second kappa shape index (κ2) is 5.77. The molecule has 0 N–H and O–H groups in total. The van der Waals surface area contributed by atoms with Crippen LogP contribution in [0.5, 0.6) is 0 Å². The number of carbonyl (C=O) groups is 1. The van der Waals surface area contributed by atoms with Crippen molar-refractivity contribution in [2.75, 3.05) is 31.1 Å². The van der Waals surface area contributed by atoms with Crippen LogP contribution in [0.25, 0.3) is 11.1 Å². The molecule has 0 aliphatic carbocycles. The van der Waals surface area contributed by atoms with Crippen LogP contribution in [0.4, 0.5) is 6.01 Å². The number of amides is 1. The van der Waals surface area contributed by atoms with Gasteiger partial charge in [0.2, 0.25) is 0 Å². The number of oxazole rings is 1. The van der Waals surface area contributed by atoms with Crippen molar-refractivity contribution in [3.63, 3.8) is 0 Å². The third kappa shape index (κ3) is 2.86. The molecule has 24 heavy (non-hydrogen) atoms. The Labute approximate surface area is 141 Å². The van der Waals surface area contributed by atoms with Crippen molar-refractivity contribution in [3.05, 3.63) is 24.3 Å². The van der Waals surface area contributed by atoms with E-state index in [1.165, 1.54) is 0 Å². The van der Waals surface area contributed by atoms with E-state index in [9.17, 15) is 4.79 Å². The van der Waals surface area contributed by atoms with Crippen LogP contribution in [-0.2, 0) is 9.53 Å². The summed E-state index contributed by atoms with van der Waals surface area (Å²) in [5.41, 5.74) is 1.49. The summed E-state index contributed by atoms with van der Waals surface area (Å²) in [6.45, 7) is 6.91. The largest absolute Gasteiger partial charge is 0.423 e. The normalized spacial score (nSPS) is 23.8. The average molecular weight is 329 g/mol. The summed E-state index contributed by atoms with van der Waals surface area (Å²) >= 11 is 0. The molecule has 1 aromatic heterocycles. The van der Waals surface area contributed by atoms with Gasteiger partial charge in [-0.1, -0.05) is 12.1 Å². The summed E-state index contributed by atoms with van der Waals surface area (Å²) in [7, 11) is 0. The zero-order valence-corrected chi connectivity index (χ0v) is 14.2. The molecule has 2 aromatic rings. The van der Waals surface area contributed by atoms with Crippen LogP contribution in [0.2, 0.25) is 0 Å². The Kier molecular flexibility index (Phi) is 3.72. The topological polar surface area (TPSA) is 58.8 Å². The van der Waals surface area contributed by atoms with Gasteiger partial charge in [-0.05, 0) is 38.8 Å². The number of carbonyl (C=O) groups excluding carboxylic acids is 1. The fourth-order valence-corrected chi connectivity index (χ4v) is 3.47. The molecule has 2 aliphatic rings. The molecule has 0 saturated carbocycles. The van der Waals surface area contributed by atoms with Gasteiger partial charge in [-0.3, -0.25) is 4.79 Å². The molecule has 2 fully saturated rings. The molecule has 1 aromatic carbocycles. The number of piperazine rings is 1. The quantitative estimate of drug-likeness (QED) is 0.847. The molecule has 3 heterocycles. The van der Waals surface area contributed by atoms with Gasteiger partial charge in [0.05, 0.1) is 5.60 Å². The molecule has 6 nitrogen and oxygen atoms in total. The highest BCUT2D eigenvalue weighted by atomic mass is 16.5. The number of aromatic nitrogens is 1. The fourth-order valence-electron chi connectivity index (χ4n) is 3.47. The molecule has 0 bridgehead atoms. The molecule has 2 aliphatic heterocycles. The maximum absolute atomic E-state index is 12.6. The third-order valence-corrected chi connectivity index (χ3v) is 4.89. The van der Waals surface area contributed by atoms with Crippen LogP contribution in [0.3, 0.4) is 0 Å². The van der Waals surface area contributed by atoms with E-state index >= 15 is 0 Å². The summed E-state index contributed by atoms with van der Waals surface area (Å²) in [6.07, 6.45) is 1.47. The minimum absolute atomic E-state index is 0.123. The maximum atomic E-state index is 12.6. The zero-order chi connectivity index (χ0) is 16.7. The molecule has 6 heteroatoms. The zero-order valence-electron chi connectivity index (χ0n) is 14.2. The number of anilines is 1. The number of rotatable bonds is 2. The first-order chi connectivity index (χ1) is 11.5. The predicted octanol–water partition coefficient (Wildman–Crippen LogP) is 2.43. The monoisotopic (exact) mass is 329 g/mol. The van der Waals surface area contributed by atoms with Crippen LogP contribution in [0, 0.1) is 0 Å². The first kappa shape index (κ1) is 15.4. The van der Waals surface area contributed by atoms with Gasteiger partial charge < -0.3 is 19.0 Å². The van der Waals surface area contributed by atoms with Gasteiger partial charge in [0.1, 0.15) is 11.6 Å². The SMILES string of the molecule is CC1(C)CCC(C(=O)N2CCN(c3nc4ccccc4o3)CC2)O1. The summed E-state index contributed by atoms with van der Waals surface area (Å²) in [5, 5.41) is 0. The van der Waals surface area contributed by atoms with Crippen molar-refractivity contribution in [2.45, 2.75) is 38.4 Å². The first-order valence-electron chi connectivity index (χ1n) is 8.59. The highest BCUT2D eigenvalue weighted by molar-refractivity contribution is 5.81. The predicted molar refractivity (Wildman–Crippen MR) is 91.0 cm³/mol. The van der Waals surface area contributed by atoms with Gasteiger partial charge in [-0.25, -0.2) is 0 Å². The van der Waals surface area contributed by atoms with Gasteiger partial charge >= 0.3 is 0 Å². The number of ether oxygens (including phenoxy) is 1. The third-order valence-electron chi connectivity index (χ3n) is 4.89. The number of nitrogens with zero attached hydrogens (tertiary/aromatic N) is 3. The van der Waals surface area contributed by atoms with E-state index in [-0.39, 0.29) is 17.6 Å². The van der Waals surface area contributed by atoms with E-state index in [2.05, 4.69) is 9.88 Å². The Hall–Kier alpha value is -2.08. The fraction of sp³-hybridized carbons (Fsp3) is 0.556. The molecular weight excluding hydrogens is 306 g/mol. The summed E-state index contributed by atoms with van der Waals surface area (Å²) < 4.78 is 11.7. The molecule has 1 amide bonds. The van der Waals surface area contributed by atoms with E-state index in [1.807, 2.05) is 43.0 Å². The minimum atomic E-state index is -0.282. The van der Waals surface area contributed by atoms with Gasteiger partial charge in [0.15, 0.2) is 5.58 Å². The van der Waals surface area contributed by atoms with Gasteiger partial charge in [-0.15, -0.1) is 0 Å². The van der Waals surface area contributed by atoms with E-state index in [1.54, 1.807) is 0 Å². The Morgan fingerprint density at radius 3 is 2.62 bits per heavy atom. The number of hydrogen-bond donors (Lipinski definition) is 0. The van der Waals surface area contributed by atoms with Crippen molar-refractivity contribution in [3.8, 4) is 0 Å². The molecule has 0 radical (unpaired) electrons. The van der Waals surface area contributed by atoms with Gasteiger partial charge in [0, 0.05) is 26.2 Å². The Bertz CT molecular complexity index is 714. The highest BCUT2D eigenvalue weighted by Gasteiger charge is 2.38. The smallest absolute Gasteiger partial charge is 0.298 e. The molecule has 0 spiro atoms. The van der Waals surface area contributed by atoms with Crippen molar-refractivity contribution in [1.82, 2.24) is 9.88 Å². The molecule has 1 unspecified atom stereocenters. The van der Waals surface area contributed by atoms with Gasteiger partial charge in [0.25, 0.3) is 11.9 Å². The molecule has 2 saturated heterocycles. The lowest BCUT2D eigenvalue weighted by Crippen LogP contribution is -2.51. The van der Waals surface area contributed by atoms with E-state index in [4.69, 9.17) is 9.15 Å². The van der Waals surface area contributed by atoms with Crippen molar-refractivity contribution < 1.29 is 13.9 Å². The van der Waals surface area contributed by atoms with E-state index < -0.39 is 0 Å².